The van der Waals surface area contributed by atoms with Crippen LogP contribution in [0.4, 0.5) is 0 Å². The highest BCUT2D eigenvalue weighted by Gasteiger charge is 2.32. The number of carbonyl (C=O) groups excluding carboxylic acids is 2. The van der Waals surface area contributed by atoms with Crippen LogP contribution < -0.4 is 15.4 Å². The summed E-state index contributed by atoms with van der Waals surface area (Å²) in [6.07, 6.45) is 7.88. The molecule has 0 spiro atoms. The number of carbonyl (C=O) groups is 2. The topological polar surface area (TPSA) is 100 Å². The van der Waals surface area contributed by atoms with Crippen molar-refractivity contribution in [1.82, 2.24) is 15.5 Å². The van der Waals surface area contributed by atoms with Gasteiger partial charge in [0.1, 0.15) is 11.8 Å². The maximum atomic E-state index is 13.9. The summed E-state index contributed by atoms with van der Waals surface area (Å²) in [5.41, 5.74) is 2.04. The van der Waals surface area contributed by atoms with Crippen molar-refractivity contribution >= 4 is 11.8 Å². The van der Waals surface area contributed by atoms with Crippen LogP contribution in [-0.4, -0.2) is 73.9 Å². The maximum absolute atomic E-state index is 13.9. The first-order valence-corrected chi connectivity index (χ1v) is 15.8. The Morgan fingerprint density at radius 2 is 1.84 bits per heavy atom. The number of methoxy groups -OCH3 is 1. The number of likely N-dealkylation sites (N-methyl/N-ethyl adjacent to an activating group) is 1. The molecule has 0 radical (unpaired) electrons. The smallest absolute Gasteiger partial charge is 0.243 e. The average molecular weight is 594 g/mol. The van der Waals surface area contributed by atoms with E-state index in [1.807, 2.05) is 66.7 Å². The number of ether oxygens (including phenoxy) is 2. The summed E-state index contributed by atoms with van der Waals surface area (Å²) in [5.74, 6) is 0.375. The molecule has 236 valence electrons. The van der Waals surface area contributed by atoms with Crippen molar-refractivity contribution in [1.29, 1.82) is 0 Å². The number of β-amino-alcohol motifs (C(OH)–C–C–N with tert-alkyl or cyclic N) is 1. The van der Waals surface area contributed by atoms with E-state index in [4.69, 9.17) is 9.47 Å². The van der Waals surface area contributed by atoms with Crippen LogP contribution in [0.2, 0.25) is 0 Å². The second-order valence-corrected chi connectivity index (χ2v) is 11.4. The highest BCUT2D eigenvalue weighted by molar-refractivity contribution is 5.88. The third kappa shape index (κ3) is 10.8. The van der Waals surface area contributed by atoms with Crippen LogP contribution in [0.1, 0.15) is 69.5 Å². The van der Waals surface area contributed by atoms with E-state index in [-0.39, 0.29) is 30.3 Å². The Kier molecular flexibility index (Phi) is 14.7. The minimum Gasteiger partial charge on any atom is -0.497 e. The maximum Gasteiger partial charge on any atom is 0.243 e. The average Bonchev–Trinajstić information content (AvgIpc) is 3.03. The van der Waals surface area contributed by atoms with Gasteiger partial charge in [-0.15, -0.1) is 0 Å². The van der Waals surface area contributed by atoms with Crippen LogP contribution in [-0.2, 0) is 20.7 Å². The zero-order chi connectivity index (χ0) is 31.0. The number of hydrogen-bond donors (Lipinski definition) is 3. The van der Waals surface area contributed by atoms with E-state index >= 15 is 0 Å². The fraction of sp³-hybridized carbons (Fsp3) is 0.543. The van der Waals surface area contributed by atoms with Crippen LogP contribution >= 0.6 is 0 Å². The summed E-state index contributed by atoms with van der Waals surface area (Å²) in [4.78, 5) is 29.1. The van der Waals surface area contributed by atoms with Gasteiger partial charge in [0, 0.05) is 32.2 Å². The molecular formula is C35H51N3O5. The van der Waals surface area contributed by atoms with E-state index in [1.54, 1.807) is 19.1 Å². The van der Waals surface area contributed by atoms with Gasteiger partial charge in [-0.05, 0) is 55.4 Å². The Labute approximate surface area is 257 Å². The molecule has 1 heterocycles. The summed E-state index contributed by atoms with van der Waals surface area (Å²) < 4.78 is 11.4. The first-order valence-electron chi connectivity index (χ1n) is 15.8. The quantitative estimate of drug-likeness (QED) is 0.342. The fourth-order valence-electron chi connectivity index (χ4n) is 5.70. The van der Waals surface area contributed by atoms with E-state index in [2.05, 4.69) is 24.5 Å². The van der Waals surface area contributed by atoms with Crippen LogP contribution in [0.15, 0.2) is 66.7 Å². The van der Waals surface area contributed by atoms with Crippen molar-refractivity contribution in [2.45, 2.75) is 83.0 Å². The van der Waals surface area contributed by atoms with Crippen LogP contribution in [0.5, 0.6) is 5.75 Å². The largest absolute Gasteiger partial charge is 0.497 e. The molecule has 4 atom stereocenters. The van der Waals surface area contributed by atoms with Crippen molar-refractivity contribution in [2.75, 3.05) is 33.9 Å². The molecule has 2 unspecified atom stereocenters. The number of amides is 2. The Morgan fingerprint density at radius 3 is 2.53 bits per heavy atom. The number of aliphatic hydroxyl groups is 1. The first kappa shape index (κ1) is 34.3. The first-order chi connectivity index (χ1) is 20.9. The molecule has 2 aromatic rings. The molecule has 1 aliphatic heterocycles. The van der Waals surface area contributed by atoms with Crippen molar-refractivity contribution in [3.63, 3.8) is 0 Å². The van der Waals surface area contributed by atoms with Gasteiger partial charge in [-0.1, -0.05) is 81.3 Å². The Balaban J connectivity index is 1.88. The third-order valence-electron chi connectivity index (χ3n) is 8.19. The number of benzene rings is 2. The van der Waals surface area contributed by atoms with Crippen molar-refractivity contribution < 1.29 is 24.2 Å². The number of aliphatic hydroxyl groups excluding tert-OH is 1. The van der Waals surface area contributed by atoms with Gasteiger partial charge in [-0.2, -0.15) is 0 Å². The lowest BCUT2D eigenvalue weighted by Crippen LogP contribution is -2.55. The molecule has 0 fully saturated rings. The molecule has 0 bridgehead atoms. The second-order valence-electron chi connectivity index (χ2n) is 11.4. The molecule has 0 saturated carbocycles. The fourth-order valence-corrected chi connectivity index (χ4v) is 5.70. The second kappa shape index (κ2) is 18.5. The molecule has 3 rings (SSSR count). The predicted octanol–water partition coefficient (Wildman–Crippen LogP) is 4.82. The molecule has 2 aromatic carbocycles. The lowest BCUT2D eigenvalue weighted by Gasteiger charge is -2.33. The summed E-state index contributed by atoms with van der Waals surface area (Å²) in [6, 6.07) is 16.4. The normalized spacial score (nSPS) is 22.3. The van der Waals surface area contributed by atoms with Gasteiger partial charge in [0.05, 0.1) is 25.9 Å². The molecule has 8 nitrogen and oxygen atoms in total. The summed E-state index contributed by atoms with van der Waals surface area (Å²) in [5, 5.41) is 18.2. The molecule has 0 aliphatic carbocycles. The standard InChI is InChI=1S/C35H51N3O5/c1-5-13-27(14-6-2)35(41)38(3)32-19-10-11-21-43-22-20-30(28-17-12-18-29(24-28)42-4)36-25-33(39)31(37-34(32)40)23-26-15-8-7-9-16-26/h7-12,15-18,24,27,30-33,36,39H,5-6,13-14,19-23,25H2,1-4H3,(H,37,40)/t30?,31-,32?,33+/m0/s1. The lowest BCUT2D eigenvalue weighted by molar-refractivity contribution is -0.142. The van der Waals surface area contributed by atoms with Gasteiger partial charge in [-0.3, -0.25) is 9.59 Å². The van der Waals surface area contributed by atoms with Crippen LogP contribution in [0, 0.1) is 5.92 Å². The molecule has 3 N–H and O–H groups in total. The van der Waals surface area contributed by atoms with Gasteiger partial charge >= 0.3 is 0 Å². The van der Waals surface area contributed by atoms with E-state index in [9.17, 15) is 14.7 Å². The van der Waals surface area contributed by atoms with E-state index in [1.165, 1.54) is 0 Å². The lowest BCUT2D eigenvalue weighted by atomic mass is 9.95. The Morgan fingerprint density at radius 1 is 1.09 bits per heavy atom. The summed E-state index contributed by atoms with van der Waals surface area (Å²) in [7, 11) is 3.37. The molecule has 8 heteroatoms. The van der Waals surface area contributed by atoms with E-state index < -0.39 is 18.2 Å². The van der Waals surface area contributed by atoms with E-state index in [0.717, 1.165) is 42.6 Å². The highest BCUT2D eigenvalue weighted by atomic mass is 16.5. The summed E-state index contributed by atoms with van der Waals surface area (Å²) in [6.45, 7) is 5.34. The van der Waals surface area contributed by atoms with Crippen molar-refractivity contribution in [3.05, 3.63) is 77.9 Å². The number of nitrogens with zero attached hydrogens (tertiary/aromatic N) is 1. The SMILES string of the molecule is CCCC(CCC)C(=O)N(C)C1CC=CCOCCC(c2cccc(OC)c2)NC[C@@H](O)[C@H](Cc2ccccc2)NC1=O. The zero-order valence-corrected chi connectivity index (χ0v) is 26.3. The minimum atomic E-state index is -0.881. The van der Waals surface area contributed by atoms with Crippen LogP contribution in [0.25, 0.3) is 0 Å². The highest BCUT2D eigenvalue weighted by Crippen LogP contribution is 2.23. The van der Waals surface area contributed by atoms with Crippen molar-refractivity contribution in [2.24, 2.45) is 5.92 Å². The van der Waals surface area contributed by atoms with Gasteiger partial charge in [0.25, 0.3) is 0 Å². The van der Waals surface area contributed by atoms with Gasteiger partial charge in [0.15, 0.2) is 0 Å². The number of rotatable bonds is 10. The van der Waals surface area contributed by atoms with Gasteiger partial charge in [-0.25, -0.2) is 0 Å². The van der Waals surface area contributed by atoms with E-state index in [0.29, 0.717) is 32.5 Å². The predicted molar refractivity (Wildman–Crippen MR) is 171 cm³/mol. The van der Waals surface area contributed by atoms with Crippen molar-refractivity contribution in [3.8, 4) is 5.75 Å². The molecular weight excluding hydrogens is 542 g/mol. The van der Waals surface area contributed by atoms with Gasteiger partial charge in [0.2, 0.25) is 11.8 Å². The molecule has 1 aliphatic rings. The number of nitrogens with one attached hydrogen (secondary N) is 2. The molecule has 0 aromatic heterocycles. The minimum absolute atomic E-state index is 0.00521. The summed E-state index contributed by atoms with van der Waals surface area (Å²) >= 11 is 0. The zero-order valence-electron chi connectivity index (χ0n) is 26.3. The van der Waals surface area contributed by atoms with Crippen LogP contribution in [0.3, 0.4) is 0 Å². The molecule has 2 amide bonds. The molecule has 43 heavy (non-hydrogen) atoms. The molecule has 0 saturated heterocycles. The van der Waals surface area contributed by atoms with Gasteiger partial charge < -0.3 is 30.1 Å². The Hall–Kier alpha value is -3.20. The number of hydrogen-bond acceptors (Lipinski definition) is 6. The monoisotopic (exact) mass is 593 g/mol. The Bertz CT molecular complexity index is 1140. The third-order valence-corrected chi connectivity index (χ3v) is 8.19.